The van der Waals surface area contributed by atoms with Gasteiger partial charge in [-0.1, -0.05) is 68.8 Å². The lowest BCUT2D eigenvalue weighted by molar-refractivity contribution is 0.591. The van der Waals surface area contributed by atoms with Gasteiger partial charge in [0.15, 0.2) is 0 Å². The molecule has 1 N–H and O–H groups in total. The van der Waals surface area contributed by atoms with Gasteiger partial charge in [0.2, 0.25) is 0 Å². The average molecular weight is 274 g/mol. The normalized spacial score (nSPS) is 11.4. The van der Waals surface area contributed by atoms with Gasteiger partial charge in [-0.3, -0.25) is 0 Å². The predicted octanol–water partition coefficient (Wildman–Crippen LogP) is 5.25. The number of halogens is 1. The number of hydrogen-bond acceptors (Lipinski definition) is 1. The summed E-state index contributed by atoms with van der Waals surface area (Å²) >= 11 is 6.18. The lowest BCUT2D eigenvalue weighted by Crippen LogP contribution is -2.14. The number of hydrogen-bond donors (Lipinski definition) is 1. The van der Waals surface area contributed by atoms with Gasteiger partial charge in [-0.2, -0.15) is 0 Å². The second-order valence-corrected chi connectivity index (χ2v) is 6.15. The van der Waals surface area contributed by atoms with Gasteiger partial charge < -0.3 is 5.32 Å². The van der Waals surface area contributed by atoms with Crippen molar-refractivity contribution in [2.45, 2.75) is 32.7 Å². The molecule has 1 nitrogen and oxygen atoms in total. The van der Waals surface area contributed by atoms with Crippen LogP contribution in [-0.2, 0) is 12.0 Å². The third-order valence-electron chi connectivity index (χ3n) is 3.16. The number of para-hydroxylation sites is 1. The summed E-state index contributed by atoms with van der Waals surface area (Å²) in [5.74, 6) is 0. The standard InChI is InChI=1S/C17H20ClN/c1-17(2,3)14-9-5-7-11-16(14)19-12-13-8-4-6-10-15(13)18/h4-11,19H,12H2,1-3H3. The fourth-order valence-electron chi connectivity index (χ4n) is 2.12. The number of benzene rings is 2. The molecule has 0 aliphatic carbocycles. The average Bonchev–Trinajstić information content (AvgIpc) is 2.37. The fraction of sp³-hybridized carbons (Fsp3) is 0.294. The van der Waals surface area contributed by atoms with Crippen LogP contribution >= 0.6 is 11.6 Å². The van der Waals surface area contributed by atoms with Crippen LogP contribution in [0.3, 0.4) is 0 Å². The van der Waals surface area contributed by atoms with E-state index in [1.54, 1.807) is 0 Å². The smallest absolute Gasteiger partial charge is 0.0455 e. The molecule has 2 rings (SSSR count). The van der Waals surface area contributed by atoms with E-state index in [0.29, 0.717) is 0 Å². The highest BCUT2D eigenvalue weighted by Gasteiger charge is 2.17. The van der Waals surface area contributed by atoms with E-state index in [-0.39, 0.29) is 5.41 Å². The van der Waals surface area contributed by atoms with Crippen LogP contribution in [-0.4, -0.2) is 0 Å². The van der Waals surface area contributed by atoms with Gasteiger partial charge >= 0.3 is 0 Å². The molecular formula is C17H20ClN. The van der Waals surface area contributed by atoms with Crippen molar-refractivity contribution in [2.75, 3.05) is 5.32 Å². The number of rotatable bonds is 3. The zero-order valence-electron chi connectivity index (χ0n) is 11.7. The Morgan fingerprint density at radius 3 is 2.26 bits per heavy atom. The Morgan fingerprint density at radius 1 is 0.947 bits per heavy atom. The van der Waals surface area contributed by atoms with E-state index in [2.05, 4.69) is 56.4 Å². The van der Waals surface area contributed by atoms with Crippen LogP contribution in [0.15, 0.2) is 48.5 Å². The van der Waals surface area contributed by atoms with Crippen LogP contribution < -0.4 is 5.32 Å². The van der Waals surface area contributed by atoms with Crippen molar-refractivity contribution in [3.63, 3.8) is 0 Å². The monoisotopic (exact) mass is 273 g/mol. The largest absolute Gasteiger partial charge is 0.381 e. The molecule has 0 heterocycles. The summed E-state index contributed by atoms with van der Waals surface area (Å²) < 4.78 is 0. The van der Waals surface area contributed by atoms with Crippen molar-refractivity contribution in [2.24, 2.45) is 0 Å². The lowest BCUT2D eigenvalue weighted by Gasteiger charge is -2.23. The molecule has 2 aromatic rings. The molecule has 0 fully saturated rings. The first kappa shape index (κ1) is 14.0. The first-order valence-electron chi connectivity index (χ1n) is 6.55. The molecular weight excluding hydrogens is 254 g/mol. The summed E-state index contributed by atoms with van der Waals surface area (Å²) in [4.78, 5) is 0. The maximum atomic E-state index is 6.18. The second-order valence-electron chi connectivity index (χ2n) is 5.74. The molecule has 0 atom stereocenters. The Morgan fingerprint density at radius 2 is 1.58 bits per heavy atom. The third-order valence-corrected chi connectivity index (χ3v) is 3.53. The molecule has 0 bridgehead atoms. The molecule has 2 heteroatoms. The van der Waals surface area contributed by atoms with Gasteiger partial charge in [-0.05, 0) is 28.7 Å². The maximum Gasteiger partial charge on any atom is 0.0455 e. The van der Waals surface area contributed by atoms with E-state index in [0.717, 1.165) is 17.1 Å². The quantitative estimate of drug-likeness (QED) is 0.805. The minimum atomic E-state index is 0.129. The Hall–Kier alpha value is -1.47. The van der Waals surface area contributed by atoms with Gasteiger partial charge in [0, 0.05) is 17.3 Å². The van der Waals surface area contributed by atoms with Gasteiger partial charge in [0.1, 0.15) is 0 Å². The molecule has 0 radical (unpaired) electrons. The zero-order valence-corrected chi connectivity index (χ0v) is 12.5. The van der Waals surface area contributed by atoms with Crippen LogP contribution in [0.25, 0.3) is 0 Å². The molecule has 0 unspecified atom stereocenters. The minimum absolute atomic E-state index is 0.129. The topological polar surface area (TPSA) is 12.0 Å². The predicted molar refractivity (Wildman–Crippen MR) is 83.9 cm³/mol. The molecule has 0 saturated heterocycles. The number of anilines is 1. The second kappa shape index (κ2) is 5.66. The van der Waals surface area contributed by atoms with Gasteiger partial charge in [0.25, 0.3) is 0 Å². The minimum Gasteiger partial charge on any atom is -0.381 e. The Bertz CT molecular complexity index is 555. The zero-order chi connectivity index (χ0) is 13.9. The molecule has 0 aliphatic rings. The Kier molecular flexibility index (Phi) is 4.16. The van der Waals surface area contributed by atoms with Crippen LogP contribution in [0.4, 0.5) is 5.69 Å². The molecule has 2 aromatic carbocycles. The van der Waals surface area contributed by atoms with Crippen molar-refractivity contribution in [1.29, 1.82) is 0 Å². The molecule has 100 valence electrons. The van der Waals surface area contributed by atoms with E-state index >= 15 is 0 Å². The molecule has 0 spiro atoms. The highest BCUT2D eigenvalue weighted by Crippen LogP contribution is 2.29. The third kappa shape index (κ3) is 3.51. The first-order chi connectivity index (χ1) is 8.98. The van der Waals surface area contributed by atoms with E-state index in [1.807, 2.05) is 18.2 Å². The van der Waals surface area contributed by atoms with E-state index in [4.69, 9.17) is 11.6 Å². The van der Waals surface area contributed by atoms with Crippen LogP contribution in [0.5, 0.6) is 0 Å². The number of nitrogens with one attached hydrogen (secondary N) is 1. The van der Waals surface area contributed by atoms with Gasteiger partial charge in [-0.15, -0.1) is 0 Å². The molecule has 0 aromatic heterocycles. The summed E-state index contributed by atoms with van der Waals surface area (Å²) in [5.41, 5.74) is 3.74. The van der Waals surface area contributed by atoms with Gasteiger partial charge in [-0.25, -0.2) is 0 Å². The first-order valence-corrected chi connectivity index (χ1v) is 6.93. The van der Waals surface area contributed by atoms with Crippen molar-refractivity contribution in [3.05, 3.63) is 64.7 Å². The van der Waals surface area contributed by atoms with Gasteiger partial charge in [0.05, 0.1) is 0 Å². The van der Waals surface area contributed by atoms with E-state index < -0.39 is 0 Å². The Labute approximate surface area is 120 Å². The summed E-state index contributed by atoms with van der Waals surface area (Å²) in [5, 5.41) is 4.30. The molecule has 0 saturated carbocycles. The van der Waals surface area contributed by atoms with E-state index in [1.165, 1.54) is 11.3 Å². The van der Waals surface area contributed by atoms with Crippen molar-refractivity contribution < 1.29 is 0 Å². The van der Waals surface area contributed by atoms with Crippen LogP contribution in [0, 0.1) is 0 Å². The summed E-state index contributed by atoms with van der Waals surface area (Å²) in [6.07, 6.45) is 0. The van der Waals surface area contributed by atoms with E-state index in [9.17, 15) is 0 Å². The van der Waals surface area contributed by atoms with Crippen molar-refractivity contribution in [1.82, 2.24) is 0 Å². The van der Waals surface area contributed by atoms with Crippen LogP contribution in [0.2, 0.25) is 5.02 Å². The summed E-state index contributed by atoms with van der Waals surface area (Å²) in [6, 6.07) is 16.4. The lowest BCUT2D eigenvalue weighted by atomic mass is 9.86. The molecule has 0 amide bonds. The van der Waals surface area contributed by atoms with Crippen molar-refractivity contribution >= 4 is 17.3 Å². The van der Waals surface area contributed by atoms with Crippen LogP contribution in [0.1, 0.15) is 31.9 Å². The highest BCUT2D eigenvalue weighted by atomic mass is 35.5. The molecule has 19 heavy (non-hydrogen) atoms. The molecule has 0 aliphatic heterocycles. The SMILES string of the molecule is CC(C)(C)c1ccccc1NCc1ccccc1Cl. The summed E-state index contributed by atoms with van der Waals surface area (Å²) in [7, 11) is 0. The highest BCUT2D eigenvalue weighted by molar-refractivity contribution is 6.31. The summed E-state index contributed by atoms with van der Waals surface area (Å²) in [6.45, 7) is 7.42. The maximum absolute atomic E-state index is 6.18. The fourth-order valence-corrected chi connectivity index (χ4v) is 2.33. The Balaban J connectivity index is 2.19. The van der Waals surface area contributed by atoms with Crippen molar-refractivity contribution in [3.8, 4) is 0 Å².